The van der Waals surface area contributed by atoms with Crippen LogP contribution in [0.3, 0.4) is 0 Å². The minimum atomic E-state index is -0.629. The van der Waals surface area contributed by atoms with Gasteiger partial charge in [-0.05, 0) is 68.3 Å². The Hall–Kier alpha value is -3.52. The first kappa shape index (κ1) is 26.1. The van der Waals surface area contributed by atoms with E-state index in [9.17, 15) is 14.4 Å². The maximum atomic E-state index is 12.8. The summed E-state index contributed by atoms with van der Waals surface area (Å²) in [6, 6.07) is 13.5. The Labute approximate surface area is 209 Å². The Bertz CT molecular complexity index is 1130. The maximum absolute atomic E-state index is 12.8. The number of imide groups is 1. The molecule has 2 amide bonds. The summed E-state index contributed by atoms with van der Waals surface area (Å²) in [5, 5.41) is -0.513. The molecule has 8 heteroatoms. The molecule has 1 heterocycles. The molecule has 2 aromatic rings. The van der Waals surface area contributed by atoms with Gasteiger partial charge in [-0.25, -0.2) is 0 Å². The van der Waals surface area contributed by atoms with Crippen molar-refractivity contribution in [2.24, 2.45) is 0 Å². The number of rotatable bonds is 11. The predicted molar refractivity (Wildman–Crippen MR) is 136 cm³/mol. The lowest BCUT2D eigenvalue weighted by atomic mass is 10.0. The van der Waals surface area contributed by atoms with Gasteiger partial charge in [-0.15, -0.1) is 6.58 Å². The second-order valence-corrected chi connectivity index (χ2v) is 9.01. The molecule has 3 rings (SSSR count). The van der Waals surface area contributed by atoms with Crippen LogP contribution in [0.5, 0.6) is 11.5 Å². The Balaban J connectivity index is 1.88. The van der Waals surface area contributed by atoms with Gasteiger partial charge in [-0.2, -0.15) is 0 Å². The lowest BCUT2D eigenvalue weighted by Crippen LogP contribution is -2.35. The highest BCUT2D eigenvalue weighted by molar-refractivity contribution is 8.18. The zero-order valence-corrected chi connectivity index (χ0v) is 20.9. The van der Waals surface area contributed by atoms with Crippen molar-refractivity contribution >= 4 is 35.0 Å². The van der Waals surface area contributed by atoms with Gasteiger partial charge < -0.3 is 14.2 Å². The number of hydrogen-bond acceptors (Lipinski definition) is 7. The molecule has 0 unspecified atom stereocenters. The summed E-state index contributed by atoms with van der Waals surface area (Å²) >= 11 is 0.786. The number of amides is 2. The quantitative estimate of drug-likeness (QED) is 0.235. The van der Waals surface area contributed by atoms with E-state index in [0.717, 1.165) is 27.8 Å². The number of esters is 1. The Morgan fingerprint density at radius 2 is 1.89 bits per heavy atom. The molecule has 0 N–H and O–H groups in total. The van der Waals surface area contributed by atoms with E-state index >= 15 is 0 Å². The van der Waals surface area contributed by atoms with Crippen molar-refractivity contribution in [1.29, 1.82) is 0 Å². The van der Waals surface area contributed by atoms with Crippen LogP contribution >= 0.6 is 11.8 Å². The highest BCUT2D eigenvalue weighted by Crippen LogP contribution is 2.37. The summed E-state index contributed by atoms with van der Waals surface area (Å²) in [6.07, 6.45) is 3.57. The van der Waals surface area contributed by atoms with Gasteiger partial charge in [0.05, 0.1) is 17.6 Å². The normalized spacial score (nSPS) is 14.5. The van der Waals surface area contributed by atoms with Gasteiger partial charge in [-0.1, -0.05) is 36.4 Å². The predicted octanol–water partition coefficient (Wildman–Crippen LogP) is 5.38. The van der Waals surface area contributed by atoms with Gasteiger partial charge in [0.2, 0.25) is 0 Å². The number of benzene rings is 2. The molecule has 184 valence electrons. The van der Waals surface area contributed by atoms with E-state index in [-0.39, 0.29) is 11.0 Å². The van der Waals surface area contributed by atoms with Crippen LogP contribution < -0.4 is 9.47 Å². The average molecular weight is 496 g/mol. The largest absolute Gasteiger partial charge is 0.490 e. The van der Waals surface area contributed by atoms with E-state index < -0.39 is 23.7 Å². The van der Waals surface area contributed by atoms with Gasteiger partial charge in [-0.3, -0.25) is 19.3 Å². The maximum Gasteiger partial charge on any atom is 0.326 e. The molecule has 7 nitrogen and oxygen atoms in total. The zero-order chi connectivity index (χ0) is 25.4. The molecular weight excluding hydrogens is 466 g/mol. The molecular formula is C27H29NO6S. The molecule has 35 heavy (non-hydrogen) atoms. The smallest absolute Gasteiger partial charge is 0.326 e. The van der Waals surface area contributed by atoms with E-state index in [1.165, 1.54) is 0 Å². The second kappa shape index (κ2) is 12.3. The van der Waals surface area contributed by atoms with Crippen molar-refractivity contribution in [2.75, 3.05) is 13.2 Å². The van der Waals surface area contributed by atoms with Crippen molar-refractivity contribution in [3.05, 3.63) is 76.7 Å². The Kier molecular flexibility index (Phi) is 9.14. The minimum Gasteiger partial charge on any atom is -0.490 e. The van der Waals surface area contributed by atoms with E-state index in [0.29, 0.717) is 36.7 Å². The molecule has 2 aromatic carbocycles. The molecule has 1 fully saturated rings. The summed E-state index contributed by atoms with van der Waals surface area (Å²) < 4.78 is 17.1. The lowest BCUT2D eigenvalue weighted by Gasteiger charge is -2.17. The first-order chi connectivity index (χ1) is 16.8. The van der Waals surface area contributed by atoms with Gasteiger partial charge in [0.1, 0.15) is 13.2 Å². The number of hydrogen-bond donors (Lipinski definition) is 0. The lowest BCUT2D eigenvalue weighted by molar-refractivity contribution is -0.149. The number of carbonyl (C=O) groups excluding carboxylic acids is 3. The fourth-order valence-electron chi connectivity index (χ4n) is 3.45. The van der Waals surface area contributed by atoms with Crippen LogP contribution in [0, 0.1) is 0 Å². The van der Waals surface area contributed by atoms with Crippen molar-refractivity contribution in [1.82, 2.24) is 4.90 Å². The molecule has 0 bridgehead atoms. The molecule has 0 spiro atoms. The van der Waals surface area contributed by atoms with Crippen molar-refractivity contribution in [2.45, 2.75) is 39.9 Å². The van der Waals surface area contributed by atoms with Crippen molar-refractivity contribution < 1.29 is 28.6 Å². The van der Waals surface area contributed by atoms with Crippen LogP contribution in [-0.4, -0.2) is 41.3 Å². The highest BCUT2D eigenvalue weighted by Gasteiger charge is 2.37. The van der Waals surface area contributed by atoms with Gasteiger partial charge in [0, 0.05) is 5.56 Å². The molecule has 1 aliphatic rings. The van der Waals surface area contributed by atoms with Crippen LogP contribution in [0.25, 0.3) is 6.08 Å². The van der Waals surface area contributed by atoms with Crippen LogP contribution in [0.4, 0.5) is 4.79 Å². The van der Waals surface area contributed by atoms with Gasteiger partial charge >= 0.3 is 5.97 Å². The molecule has 0 radical (unpaired) electrons. The van der Waals surface area contributed by atoms with Crippen LogP contribution in [0.1, 0.15) is 37.5 Å². The van der Waals surface area contributed by atoms with Gasteiger partial charge in [0.15, 0.2) is 11.5 Å². The van der Waals surface area contributed by atoms with Crippen LogP contribution in [0.15, 0.2) is 60.0 Å². The standard InChI is InChI=1S/C27H29NO6S/c1-5-10-21-13-20(14-22(32-6-2)25(21)33-17-19-11-8-7-9-12-19)15-23-26(30)28(27(31)35-23)16-24(29)34-18(3)4/h5,7-9,11-15,18H,1,6,10,16-17H2,2-4H3/b23-15+. The van der Waals surface area contributed by atoms with E-state index in [4.69, 9.17) is 14.2 Å². The Morgan fingerprint density at radius 3 is 2.54 bits per heavy atom. The molecule has 1 aliphatic heterocycles. The first-order valence-corrected chi connectivity index (χ1v) is 12.2. The topological polar surface area (TPSA) is 82.1 Å². The first-order valence-electron chi connectivity index (χ1n) is 11.3. The zero-order valence-electron chi connectivity index (χ0n) is 20.1. The summed E-state index contributed by atoms with van der Waals surface area (Å²) in [4.78, 5) is 38.3. The summed E-state index contributed by atoms with van der Waals surface area (Å²) in [5.41, 5.74) is 2.54. The minimum absolute atomic E-state index is 0.220. The van der Waals surface area contributed by atoms with E-state index in [1.54, 1.807) is 32.1 Å². The summed E-state index contributed by atoms with van der Waals surface area (Å²) in [7, 11) is 0. The van der Waals surface area contributed by atoms with Gasteiger partial charge in [0.25, 0.3) is 11.1 Å². The number of carbonyl (C=O) groups is 3. The number of ether oxygens (including phenoxy) is 3. The molecule has 0 saturated carbocycles. The molecule has 0 aliphatic carbocycles. The number of thioether (sulfide) groups is 1. The summed E-state index contributed by atoms with van der Waals surface area (Å²) in [6.45, 7) is 9.50. The molecule has 1 saturated heterocycles. The summed E-state index contributed by atoms with van der Waals surface area (Å²) in [5.74, 6) is -0.0187. The third-order valence-corrected chi connectivity index (χ3v) is 5.78. The SMILES string of the molecule is C=CCc1cc(/C=C2/SC(=O)N(CC(=O)OC(C)C)C2=O)cc(OCC)c1OCc1ccccc1. The third-order valence-electron chi connectivity index (χ3n) is 4.87. The molecule has 0 atom stereocenters. The fraction of sp³-hybridized carbons (Fsp3) is 0.296. The van der Waals surface area contributed by atoms with E-state index in [2.05, 4.69) is 6.58 Å². The molecule has 0 aromatic heterocycles. The Morgan fingerprint density at radius 1 is 1.14 bits per heavy atom. The fourth-order valence-corrected chi connectivity index (χ4v) is 4.29. The van der Waals surface area contributed by atoms with E-state index in [1.807, 2.05) is 43.3 Å². The third kappa shape index (κ3) is 6.99. The number of allylic oxidation sites excluding steroid dienone is 1. The number of nitrogens with zero attached hydrogens (tertiary/aromatic N) is 1. The highest BCUT2D eigenvalue weighted by atomic mass is 32.2. The van der Waals surface area contributed by atoms with Crippen LogP contribution in [-0.2, 0) is 27.4 Å². The van der Waals surface area contributed by atoms with Crippen LogP contribution in [0.2, 0.25) is 0 Å². The average Bonchev–Trinajstić information content (AvgIpc) is 3.06. The van der Waals surface area contributed by atoms with Crippen molar-refractivity contribution in [3.8, 4) is 11.5 Å². The van der Waals surface area contributed by atoms with Crippen molar-refractivity contribution in [3.63, 3.8) is 0 Å². The second-order valence-electron chi connectivity index (χ2n) is 8.01. The monoisotopic (exact) mass is 495 g/mol.